The molecule has 37 heavy (non-hydrogen) atoms. The van der Waals surface area contributed by atoms with Crippen molar-refractivity contribution in [2.45, 2.75) is 58.5 Å². The minimum Gasteiger partial charge on any atom is -0.484 e. The van der Waals surface area contributed by atoms with Gasteiger partial charge in [-0.2, -0.15) is 0 Å². The van der Waals surface area contributed by atoms with Crippen LogP contribution in [-0.4, -0.2) is 35.9 Å². The molecule has 0 aliphatic heterocycles. The summed E-state index contributed by atoms with van der Waals surface area (Å²) in [6.07, 6.45) is 2.24. The smallest absolute Gasteiger partial charge is 0.261 e. The van der Waals surface area contributed by atoms with Crippen LogP contribution in [0.2, 0.25) is 5.02 Å². The monoisotopic (exact) mass is 520 g/mol. The Kier molecular flexibility index (Phi) is 11.0. The fourth-order valence-electron chi connectivity index (χ4n) is 4.07. The van der Waals surface area contributed by atoms with E-state index in [1.165, 1.54) is 5.56 Å². The zero-order valence-electron chi connectivity index (χ0n) is 22.0. The van der Waals surface area contributed by atoms with Crippen molar-refractivity contribution >= 4 is 23.4 Å². The molecule has 3 aromatic rings. The Bertz CT molecular complexity index is 1130. The second kappa shape index (κ2) is 14.4. The quantitative estimate of drug-likeness (QED) is 0.265. The van der Waals surface area contributed by atoms with Gasteiger partial charge in [0.25, 0.3) is 5.91 Å². The van der Waals surface area contributed by atoms with Gasteiger partial charge in [0.05, 0.1) is 0 Å². The van der Waals surface area contributed by atoms with Gasteiger partial charge < -0.3 is 15.0 Å². The highest BCUT2D eigenvalue weighted by Gasteiger charge is 2.30. The lowest BCUT2D eigenvalue weighted by molar-refractivity contribution is -0.142. The number of ether oxygens (including phenoxy) is 1. The number of hydrogen-bond donors (Lipinski definition) is 1. The van der Waals surface area contributed by atoms with Gasteiger partial charge >= 0.3 is 0 Å². The lowest BCUT2D eigenvalue weighted by Gasteiger charge is -2.31. The summed E-state index contributed by atoms with van der Waals surface area (Å²) in [6, 6.07) is 24.2. The maximum atomic E-state index is 13.6. The number of nitrogens with zero attached hydrogens (tertiary/aromatic N) is 1. The Balaban J connectivity index is 1.86. The lowest BCUT2D eigenvalue weighted by atomic mass is 10.0. The van der Waals surface area contributed by atoms with Crippen molar-refractivity contribution in [2.24, 2.45) is 0 Å². The van der Waals surface area contributed by atoms with Crippen molar-refractivity contribution in [3.8, 4) is 5.75 Å². The molecule has 5 nitrogen and oxygen atoms in total. The largest absolute Gasteiger partial charge is 0.484 e. The van der Waals surface area contributed by atoms with E-state index in [4.69, 9.17) is 16.3 Å². The van der Waals surface area contributed by atoms with E-state index in [9.17, 15) is 9.59 Å². The molecule has 0 saturated carbocycles. The Labute approximate surface area is 225 Å². The molecule has 0 aliphatic rings. The van der Waals surface area contributed by atoms with Crippen LogP contribution in [0.15, 0.2) is 78.9 Å². The van der Waals surface area contributed by atoms with Gasteiger partial charge in [-0.3, -0.25) is 9.59 Å². The van der Waals surface area contributed by atoms with E-state index in [0.717, 1.165) is 24.0 Å². The van der Waals surface area contributed by atoms with Crippen LogP contribution in [-0.2, 0) is 22.6 Å². The third kappa shape index (κ3) is 8.94. The third-order valence-corrected chi connectivity index (χ3v) is 6.49. The number of hydrogen-bond acceptors (Lipinski definition) is 3. The summed E-state index contributed by atoms with van der Waals surface area (Å²) in [6.45, 7) is 6.98. The van der Waals surface area contributed by atoms with Crippen LogP contribution in [0.1, 0.15) is 56.2 Å². The zero-order valence-corrected chi connectivity index (χ0v) is 22.7. The molecule has 3 aromatic carbocycles. The molecular weight excluding hydrogens is 484 g/mol. The molecule has 0 radical (unpaired) electrons. The highest BCUT2D eigenvalue weighted by atomic mass is 35.5. The number of rotatable bonds is 13. The van der Waals surface area contributed by atoms with E-state index in [1.54, 1.807) is 11.0 Å². The number of carbonyl (C=O) groups excluding carboxylic acids is 2. The maximum Gasteiger partial charge on any atom is 0.261 e. The molecule has 0 saturated heterocycles. The summed E-state index contributed by atoms with van der Waals surface area (Å²) >= 11 is 6.23. The fourth-order valence-corrected chi connectivity index (χ4v) is 4.28. The van der Waals surface area contributed by atoms with E-state index in [1.807, 2.05) is 72.8 Å². The van der Waals surface area contributed by atoms with E-state index in [-0.39, 0.29) is 25.0 Å². The second-order valence-corrected chi connectivity index (χ2v) is 9.95. The van der Waals surface area contributed by atoms with Gasteiger partial charge in [-0.05, 0) is 53.3 Å². The van der Waals surface area contributed by atoms with Gasteiger partial charge in [-0.25, -0.2) is 0 Å². The maximum absolute atomic E-state index is 13.6. The summed E-state index contributed by atoms with van der Waals surface area (Å²) in [5.74, 6) is 0.592. The molecular formula is C31H37ClN2O3. The van der Waals surface area contributed by atoms with Crippen LogP contribution in [0, 0.1) is 0 Å². The first kappa shape index (κ1) is 28.3. The predicted octanol–water partition coefficient (Wildman–Crippen LogP) is 6.40. The van der Waals surface area contributed by atoms with Gasteiger partial charge in [0.15, 0.2) is 6.61 Å². The van der Waals surface area contributed by atoms with Gasteiger partial charge in [-0.15, -0.1) is 0 Å². The first-order chi connectivity index (χ1) is 17.9. The van der Waals surface area contributed by atoms with Crippen molar-refractivity contribution in [1.82, 2.24) is 10.2 Å². The van der Waals surface area contributed by atoms with Crippen molar-refractivity contribution in [3.05, 3.63) is 101 Å². The van der Waals surface area contributed by atoms with Crippen LogP contribution in [0.5, 0.6) is 5.75 Å². The molecule has 0 bridgehead atoms. The van der Waals surface area contributed by atoms with Crippen molar-refractivity contribution in [1.29, 1.82) is 0 Å². The molecule has 1 unspecified atom stereocenters. The number of benzene rings is 3. The van der Waals surface area contributed by atoms with Crippen molar-refractivity contribution < 1.29 is 14.3 Å². The average molecular weight is 521 g/mol. The van der Waals surface area contributed by atoms with Crippen LogP contribution < -0.4 is 10.1 Å². The van der Waals surface area contributed by atoms with E-state index in [0.29, 0.717) is 29.7 Å². The number of nitrogens with one attached hydrogen (secondary N) is 1. The second-order valence-electron chi connectivity index (χ2n) is 9.51. The first-order valence-electron chi connectivity index (χ1n) is 13.0. The summed E-state index contributed by atoms with van der Waals surface area (Å²) < 4.78 is 5.87. The van der Waals surface area contributed by atoms with Crippen molar-refractivity contribution in [2.75, 3.05) is 13.2 Å². The Morgan fingerprint density at radius 3 is 2.30 bits per heavy atom. The number of carbonyl (C=O) groups is 2. The SMILES string of the molecule is CCCCNC(=O)C(Cc1ccccc1)N(Cc1cccc(Cl)c1)C(=O)COc1ccc(C(C)C)cc1. The Morgan fingerprint density at radius 1 is 0.946 bits per heavy atom. The minimum atomic E-state index is -0.697. The molecule has 2 amide bonds. The third-order valence-electron chi connectivity index (χ3n) is 6.25. The van der Waals surface area contributed by atoms with E-state index in [2.05, 4.69) is 26.1 Å². The average Bonchev–Trinajstić information content (AvgIpc) is 2.90. The van der Waals surface area contributed by atoms with Gasteiger partial charge in [0.2, 0.25) is 5.91 Å². The topological polar surface area (TPSA) is 58.6 Å². The summed E-state index contributed by atoms with van der Waals surface area (Å²) in [5.41, 5.74) is 3.03. The highest BCUT2D eigenvalue weighted by molar-refractivity contribution is 6.30. The summed E-state index contributed by atoms with van der Waals surface area (Å²) in [4.78, 5) is 28.7. The number of amides is 2. The fraction of sp³-hybridized carbons (Fsp3) is 0.355. The standard InChI is InChI=1S/C31H37ClN2O3/c1-4-5-18-33-31(36)29(20-24-10-7-6-8-11-24)34(21-25-12-9-13-27(32)19-25)30(35)22-37-28-16-14-26(15-17-28)23(2)3/h6-17,19,23,29H,4-5,18,20-22H2,1-3H3,(H,33,36). The molecule has 1 N–H and O–H groups in total. The summed E-state index contributed by atoms with van der Waals surface area (Å²) in [7, 11) is 0. The highest BCUT2D eigenvalue weighted by Crippen LogP contribution is 2.20. The van der Waals surface area contributed by atoms with Crippen LogP contribution >= 0.6 is 11.6 Å². The molecule has 0 fully saturated rings. The number of halogens is 1. The molecule has 0 aliphatic carbocycles. The molecule has 196 valence electrons. The molecule has 6 heteroatoms. The first-order valence-corrected chi connectivity index (χ1v) is 13.3. The molecule has 0 heterocycles. The van der Waals surface area contributed by atoms with Crippen LogP contribution in [0.4, 0.5) is 0 Å². The molecule has 1 atom stereocenters. The molecule has 3 rings (SSSR count). The number of unbranched alkanes of at least 4 members (excludes halogenated alkanes) is 1. The van der Waals surface area contributed by atoms with Gasteiger partial charge in [0, 0.05) is 24.5 Å². The lowest BCUT2D eigenvalue weighted by Crippen LogP contribution is -2.51. The van der Waals surface area contributed by atoms with Crippen LogP contribution in [0.3, 0.4) is 0 Å². The van der Waals surface area contributed by atoms with Gasteiger partial charge in [-0.1, -0.05) is 93.4 Å². The minimum absolute atomic E-state index is 0.172. The van der Waals surface area contributed by atoms with Gasteiger partial charge in [0.1, 0.15) is 11.8 Å². The molecule has 0 aromatic heterocycles. The predicted molar refractivity (Wildman–Crippen MR) is 150 cm³/mol. The van der Waals surface area contributed by atoms with Crippen molar-refractivity contribution in [3.63, 3.8) is 0 Å². The molecule has 0 spiro atoms. The van der Waals surface area contributed by atoms with Crippen LogP contribution in [0.25, 0.3) is 0 Å². The summed E-state index contributed by atoms with van der Waals surface area (Å²) in [5, 5.41) is 3.61. The normalized spacial score (nSPS) is 11.7. The zero-order chi connectivity index (χ0) is 26.6. The van der Waals surface area contributed by atoms with E-state index >= 15 is 0 Å². The van der Waals surface area contributed by atoms with E-state index < -0.39 is 6.04 Å². The Hall–Kier alpha value is -3.31. The Morgan fingerprint density at radius 2 is 1.65 bits per heavy atom.